The summed E-state index contributed by atoms with van der Waals surface area (Å²) in [5, 5.41) is 7.41. The van der Waals surface area contributed by atoms with Gasteiger partial charge >= 0.3 is 0 Å². The number of fused-ring (bicyclic) bond motifs is 3. The van der Waals surface area contributed by atoms with Gasteiger partial charge in [0.25, 0.3) is 0 Å². The molecule has 0 fully saturated rings. The first kappa shape index (κ1) is 41.8. The maximum Gasteiger partial charge on any atom is -0.00204 e. The molecule has 0 radical (unpaired) electrons. The molecule has 11 aromatic rings. The van der Waals surface area contributed by atoms with E-state index in [-0.39, 0.29) is 0 Å². The van der Waals surface area contributed by atoms with Crippen molar-refractivity contribution < 1.29 is 0 Å². The van der Waals surface area contributed by atoms with Gasteiger partial charge < -0.3 is 0 Å². The molecule has 0 unspecified atom stereocenters. The highest BCUT2D eigenvalue weighted by Gasteiger charge is 2.16. The summed E-state index contributed by atoms with van der Waals surface area (Å²) in [5.74, 6) is 0. The third kappa shape index (κ3) is 8.92. The largest absolute Gasteiger partial charge is 0.0622 e. The minimum Gasteiger partial charge on any atom is -0.0622 e. The van der Waals surface area contributed by atoms with Crippen molar-refractivity contribution in [3.05, 3.63) is 310 Å². The van der Waals surface area contributed by atoms with Crippen LogP contribution in [0.1, 0.15) is 55.6 Å². The van der Waals surface area contributed by atoms with Gasteiger partial charge in [0.2, 0.25) is 0 Å². The Morgan fingerprint density at radius 3 is 1.06 bits per heavy atom. The summed E-state index contributed by atoms with van der Waals surface area (Å²) < 4.78 is 0. The molecule has 0 nitrogen and oxygen atoms in total. The Labute approximate surface area is 399 Å². The number of benzene rings is 11. The molecule has 0 spiro atoms. The first-order chi connectivity index (χ1) is 33.7. The van der Waals surface area contributed by atoms with Crippen molar-refractivity contribution in [2.45, 2.75) is 0 Å². The van der Waals surface area contributed by atoms with Gasteiger partial charge in [-0.1, -0.05) is 267 Å². The van der Waals surface area contributed by atoms with Crippen LogP contribution in [0.2, 0.25) is 0 Å². The lowest BCUT2D eigenvalue weighted by molar-refractivity contribution is 1.55. The molecule has 0 heterocycles. The van der Waals surface area contributed by atoms with Crippen LogP contribution in [0.15, 0.2) is 255 Å². The monoisotopic (exact) mass is 864 g/mol. The molecule has 68 heavy (non-hydrogen) atoms. The average Bonchev–Trinajstić information content (AvgIpc) is 3.41. The standard InChI is InChI=1S/C68H48/c1-5-19-53(20-6-1)65(54-21-7-2-8-22-54)45-51-37-33-49(34-38-51)41-43-59-48-67(68-61-29-15-13-27-57(61)47-58-28-14-16-30-62(58)68)64-32-18-17-31-63(64)60(59)44-42-50-35-39-52(40-36-50)46-66(55-23-9-3-10-24-55)56-25-11-4-12-26-56/h1-48H. The van der Waals surface area contributed by atoms with Crippen molar-refractivity contribution in [1.82, 2.24) is 0 Å². The van der Waals surface area contributed by atoms with E-state index in [0.717, 1.165) is 27.8 Å². The summed E-state index contributed by atoms with van der Waals surface area (Å²) in [7, 11) is 0. The van der Waals surface area contributed by atoms with Crippen molar-refractivity contribution >= 4 is 79.9 Å². The molecule has 0 saturated carbocycles. The SMILES string of the molecule is C(=Cc1cc(-c2c3ccccc3cc3ccccc23)c2ccccc2c1C=Cc1ccc(C=C(c2ccccc2)c2ccccc2)cc1)c1ccc(C=C(c2ccccc2)c2ccccc2)cc1. The van der Waals surface area contributed by atoms with Crippen molar-refractivity contribution in [1.29, 1.82) is 0 Å². The maximum atomic E-state index is 2.42. The second-order valence-corrected chi connectivity index (χ2v) is 17.2. The minimum atomic E-state index is 1.14. The Kier molecular flexibility index (Phi) is 11.9. The van der Waals surface area contributed by atoms with E-state index in [0.29, 0.717) is 0 Å². The van der Waals surface area contributed by atoms with Crippen LogP contribution in [0.3, 0.4) is 0 Å². The lowest BCUT2D eigenvalue weighted by atomic mass is 9.86. The van der Waals surface area contributed by atoms with Crippen LogP contribution < -0.4 is 0 Å². The van der Waals surface area contributed by atoms with Crippen LogP contribution >= 0.6 is 0 Å². The van der Waals surface area contributed by atoms with E-state index in [1.165, 1.54) is 82.4 Å². The first-order valence-corrected chi connectivity index (χ1v) is 23.4. The highest BCUT2D eigenvalue weighted by atomic mass is 14.2. The van der Waals surface area contributed by atoms with E-state index in [1.54, 1.807) is 0 Å². The lowest BCUT2D eigenvalue weighted by Crippen LogP contribution is -1.92. The number of rotatable bonds is 11. The normalized spacial score (nSPS) is 11.4. The zero-order chi connectivity index (χ0) is 45.5. The molecule has 0 bridgehead atoms. The number of hydrogen-bond donors (Lipinski definition) is 0. The second-order valence-electron chi connectivity index (χ2n) is 17.2. The van der Waals surface area contributed by atoms with Crippen LogP contribution in [0.25, 0.3) is 91.0 Å². The Morgan fingerprint density at radius 2 is 0.618 bits per heavy atom. The minimum absolute atomic E-state index is 1.14. The van der Waals surface area contributed by atoms with E-state index >= 15 is 0 Å². The predicted octanol–water partition coefficient (Wildman–Crippen LogP) is 18.3. The third-order valence-corrected chi connectivity index (χ3v) is 12.9. The van der Waals surface area contributed by atoms with Crippen LogP contribution in [0, 0.1) is 0 Å². The fraction of sp³-hybridized carbons (Fsp3) is 0. The van der Waals surface area contributed by atoms with E-state index < -0.39 is 0 Å². The molecular weight excluding hydrogens is 817 g/mol. The lowest BCUT2D eigenvalue weighted by Gasteiger charge is -2.17. The van der Waals surface area contributed by atoms with Gasteiger partial charge in [-0.05, 0) is 135 Å². The predicted molar refractivity (Wildman–Crippen MR) is 295 cm³/mol. The molecule has 0 aliphatic rings. The van der Waals surface area contributed by atoms with E-state index in [2.05, 4.69) is 291 Å². The van der Waals surface area contributed by atoms with Gasteiger partial charge in [0.1, 0.15) is 0 Å². The molecule has 0 aromatic heterocycles. The zero-order valence-electron chi connectivity index (χ0n) is 37.7. The molecule has 0 aliphatic carbocycles. The summed E-state index contributed by atoms with van der Waals surface area (Å²) >= 11 is 0. The average molecular weight is 865 g/mol. The summed E-state index contributed by atoms with van der Waals surface area (Å²) in [6.45, 7) is 0. The summed E-state index contributed by atoms with van der Waals surface area (Å²) in [5.41, 5.74) is 16.6. The zero-order valence-corrected chi connectivity index (χ0v) is 37.7. The fourth-order valence-electron chi connectivity index (χ4n) is 9.50. The van der Waals surface area contributed by atoms with Gasteiger partial charge in [-0.25, -0.2) is 0 Å². The van der Waals surface area contributed by atoms with Gasteiger partial charge in [0, 0.05) is 0 Å². The van der Waals surface area contributed by atoms with Gasteiger partial charge in [-0.3, -0.25) is 0 Å². The van der Waals surface area contributed by atoms with E-state index in [4.69, 9.17) is 0 Å². The molecule has 0 N–H and O–H groups in total. The Balaban J connectivity index is 1.01. The Hall–Kier alpha value is -8.84. The van der Waals surface area contributed by atoms with Crippen molar-refractivity contribution in [2.75, 3.05) is 0 Å². The van der Waals surface area contributed by atoms with Crippen molar-refractivity contribution in [3.63, 3.8) is 0 Å². The van der Waals surface area contributed by atoms with E-state index in [1.807, 2.05) is 0 Å². The molecule has 0 amide bonds. The van der Waals surface area contributed by atoms with Crippen molar-refractivity contribution in [2.24, 2.45) is 0 Å². The van der Waals surface area contributed by atoms with E-state index in [9.17, 15) is 0 Å². The van der Waals surface area contributed by atoms with Crippen molar-refractivity contribution in [3.8, 4) is 11.1 Å². The molecule has 0 heteroatoms. The van der Waals surface area contributed by atoms with Gasteiger partial charge in [0.05, 0.1) is 0 Å². The summed E-state index contributed by atoms with van der Waals surface area (Å²) in [4.78, 5) is 0. The smallest absolute Gasteiger partial charge is 0.00204 e. The van der Waals surface area contributed by atoms with Crippen LogP contribution in [0.5, 0.6) is 0 Å². The first-order valence-electron chi connectivity index (χ1n) is 23.4. The molecule has 0 saturated heterocycles. The fourth-order valence-corrected chi connectivity index (χ4v) is 9.50. The van der Waals surface area contributed by atoms with Crippen LogP contribution in [-0.2, 0) is 0 Å². The second kappa shape index (κ2) is 19.3. The molecule has 0 aliphatic heterocycles. The topological polar surface area (TPSA) is 0 Å². The van der Waals surface area contributed by atoms with Gasteiger partial charge in [0.15, 0.2) is 0 Å². The van der Waals surface area contributed by atoms with Crippen LogP contribution in [-0.4, -0.2) is 0 Å². The molecule has 11 rings (SSSR count). The van der Waals surface area contributed by atoms with Gasteiger partial charge in [-0.15, -0.1) is 0 Å². The molecule has 0 atom stereocenters. The number of hydrogen-bond acceptors (Lipinski definition) is 0. The maximum absolute atomic E-state index is 2.42. The molecule has 11 aromatic carbocycles. The highest BCUT2D eigenvalue weighted by Crippen LogP contribution is 2.42. The highest BCUT2D eigenvalue weighted by molar-refractivity contribution is 6.18. The van der Waals surface area contributed by atoms with Crippen LogP contribution in [0.4, 0.5) is 0 Å². The quantitative estimate of drug-likeness (QED) is 0.0898. The molecule has 320 valence electrons. The Bertz CT molecular complexity index is 3510. The third-order valence-electron chi connectivity index (χ3n) is 12.9. The summed E-state index contributed by atoms with van der Waals surface area (Å²) in [6, 6.07) is 91.6. The Morgan fingerprint density at radius 1 is 0.265 bits per heavy atom. The van der Waals surface area contributed by atoms with Gasteiger partial charge in [-0.2, -0.15) is 0 Å². The summed E-state index contributed by atoms with van der Waals surface area (Å²) in [6.07, 6.45) is 13.7. The molecular formula is C68H48.